The molecule has 1 heterocycles. The Hall–Kier alpha value is -1.32. The second-order valence-corrected chi connectivity index (χ2v) is 5.68. The summed E-state index contributed by atoms with van der Waals surface area (Å²) in [7, 11) is 1.90. The zero-order chi connectivity index (χ0) is 14.8. The van der Waals surface area contributed by atoms with Crippen LogP contribution in [0.3, 0.4) is 0 Å². The fraction of sp³-hybridized carbons (Fsp3) is 0.750. The minimum absolute atomic E-state index is 0.834. The minimum atomic E-state index is 0.834. The van der Waals surface area contributed by atoms with Crippen molar-refractivity contribution in [2.24, 2.45) is 5.92 Å². The van der Waals surface area contributed by atoms with Gasteiger partial charge >= 0.3 is 0 Å². The third kappa shape index (κ3) is 5.76. The van der Waals surface area contributed by atoms with Crippen molar-refractivity contribution in [3.05, 3.63) is 11.9 Å². The third-order valence-electron chi connectivity index (χ3n) is 3.54. The van der Waals surface area contributed by atoms with Crippen LogP contribution in [-0.2, 0) is 6.42 Å². The van der Waals surface area contributed by atoms with E-state index in [1.54, 1.807) is 6.33 Å². The van der Waals surface area contributed by atoms with E-state index in [1.807, 2.05) is 7.05 Å². The van der Waals surface area contributed by atoms with Crippen LogP contribution in [0.5, 0.6) is 0 Å². The van der Waals surface area contributed by atoms with Gasteiger partial charge in [-0.25, -0.2) is 9.97 Å². The van der Waals surface area contributed by atoms with Gasteiger partial charge in [-0.3, -0.25) is 0 Å². The van der Waals surface area contributed by atoms with E-state index >= 15 is 0 Å². The largest absolute Gasteiger partial charge is 0.373 e. The van der Waals surface area contributed by atoms with Gasteiger partial charge in [-0.1, -0.05) is 46.5 Å². The van der Waals surface area contributed by atoms with Crippen LogP contribution in [0.2, 0.25) is 0 Å². The first-order valence-corrected chi connectivity index (χ1v) is 7.94. The molecule has 0 radical (unpaired) electrons. The molecule has 0 spiro atoms. The van der Waals surface area contributed by atoms with Gasteiger partial charge in [0.1, 0.15) is 18.0 Å². The molecule has 1 aromatic heterocycles. The smallest absolute Gasteiger partial charge is 0.134 e. The fourth-order valence-corrected chi connectivity index (χ4v) is 2.35. The molecule has 0 bridgehead atoms. The van der Waals surface area contributed by atoms with Crippen LogP contribution in [-0.4, -0.2) is 23.6 Å². The topological polar surface area (TPSA) is 49.8 Å². The van der Waals surface area contributed by atoms with Gasteiger partial charge in [0.15, 0.2) is 0 Å². The predicted octanol–water partition coefficient (Wildman–Crippen LogP) is 4.10. The molecule has 0 atom stereocenters. The summed E-state index contributed by atoms with van der Waals surface area (Å²) in [6.45, 7) is 7.72. The first-order valence-electron chi connectivity index (χ1n) is 7.94. The van der Waals surface area contributed by atoms with Crippen molar-refractivity contribution in [1.82, 2.24) is 9.97 Å². The van der Waals surface area contributed by atoms with Crippen molar-refractivity contribution in [3.63, 3.8) is 0 Å². The summed E-state index contributed by atoms with van der Waals surface area (Å²) in [5, 5.41) is 6.57. The predicted molar refractivity (Wildman–Crippen MR) is 87.4 cm³/mol. The maximum atomic E-state index is 4.35. The molecule has 2 N–H and O–H groups in total. The van der Waals surface area contributed by atoms with Crippen LogP contribution in [0.15, 0.2) is 6.33 Å². The molecule has 0 unspecified atom stereocenters. The molecule has 4 heteroatoms. The van der Waals surface area contributed by atoms with Gasteiger partial charge in [-0.05, 0) is 18.8 Å². The first-order chi connectivity index (χ1) is 9.69. The maximum Gasteiger partial charge on any atom is 0.134 e. The first kappa shape index (κ1) is 16.7. The van der Waals surface area contributed by atoms with E-state index in [4.69, 9.17) is 0 Å². The third-order valence-corrected chi connectivity index (χ3v) is 3.54. The van der Waals surface area contributed by atoms with Crippen LogP contribution in [0.4, 0.5) is 11.6 Å². The van der Waals surface area contributed by atoms with Gasteiger partial charge in [0, 0.05) is 19.2 Å². The molecule has 0 amide bonds. The van der Waals surface area contributed by atoms with E-state index in [1.165, 1.54) is 37.7 Å². The maximum absolute atomic E-state index is 4.35. The Balaban J connectivity index is 2.28. The fourth-order valence-electron chi connectivity index (χ4n) is 2.35. The number of rotatable bonds is 10. The second-order valence-electron chi connectivity index (χ2n) is 5.68. The van der Waals surface area contributed by atoms with E-state index in [2.05, 4.69) is 41.4 Å². The summed E-state index contributed by atoms with van der Waals surface area (Å²) >= 11 is 0. The van der Waals surface area contributed by atoms with Crippen LogP contribution in [0.1, 0.15) is 58.4 Å². The van der Waals surface area contributed by atoms with E-state index in [0.717, 1.165) is 30.5 Å². The van der Waals surface area contributed by atoms with Gasteiger partial charge in [0.25, 0.3) is 0 Å². The minimum Gasteiger partial charge on any atom is -0.373 e. The summed E-state index contributed by atoms with van der Waals surface area (Å²) < 4.78 is 0. The second kappa shape index (κ2) is 9.56. The van der Waals surface area contributed by atoms with Gasteiger partial charge in [-0.15, -0.1) is 0 Å². The molecule has 0 saturated carbocycles. The van der Waals surface area contributed by atoms with Gasteiger partial charge in [-0.2, -0.15) is 0 Å². The number of hydrogen-bond donors (Lipinski definition) is 2. The Morgan fingerprint density at radius 2 is 1.75 bits per heavy atom. The monoisotopic (exact) mass is 278 g/mol. The van der Waals surface area contributed by atoms with Crippen molar-refractivity contribution < 1.29 is 0 Å². The molecule has 1 rings (SSSR count). The highest BCUT2D eigenvalue weighted by molar-refractivity contribution is 5.56. The zero-order valence-corrected chi connectivity index (χ0v) is 13.5. The standard InChI is InChI=1S/C16H30N4/c1-5-14-15(17-4)19-12-20-16(14)18-11-9-7-6-8-10-13(2)3/h12-13H,5-11H2,1-4H3,(H2,17,18,19,20). The number of anilines is 2. The summed E-state index contributed by atoms with van der Waals surface area (Å²) in [5.74, 6) is 2.75. The molecule has 0 fully saturated rings. The normalized spacial score (nSPS) is 10.8. The summed E-state index contributed by atoms with van der Waals surface area (Å²) in [5.41, 5.74) is 1.18. The molecular weight excluding hydrogens is 248 g/mol. The highest BCUT2D eigenvalue weighted by Crippen LogP contribution is 2.19. The van der Waals surface area contributed by atoms with Crippen molar-refractivity contribution in [2.45, 2.75) is 59.3 Å². The number of aromatic nitrogens is 2. The number of hydrogen-bond acceptors (Lipinski definition) is 4. The van der Waals surface area contributed by atoms with Gasteiger partial charge in [0.2, 0.25) is 0 Å². The molecular formula is C16H30N4. The Morgan fingerprint density at radius 1 is 1.05 bits per heavy atom. The highest BCUT2D eigenvalue weighted by Gasteiger charge is 2.07. The van der Waals surface area contributed by atoms with Crippen molar-refractivity contribution in [3.8, 4) is 0 Å². The molecule has 0 aromatic carbocycles. The Bertz CT molecular complexity index is 377. The van der Waals surface area contributed by atoms with Gasteiger partial charge in [0.05, 0.1) is 0 Å². The Kier molecular flexibility index (Phi) is 8.00. The number of nitrogens with one attached hydrogen (secondary N) is 2. The van der Waals surface area contributed by atoms with Gasteiger partial charge < -0.3 is 10.6 Å². The highest BCUT2D eigenvalue weighted by atomic mass is 15.1. The summed E-state index contributed by atoms with van der Waals surface area (Å²) in [6.07, 6.45) is 9.11. The lowest BCUT2D eigenvalue weighted by molar-refractivity contribution is 0.523. The number of nitrogens with zero attached hydrogens (tertiary/aromatic N) is 2. The average molecular weight is 278 g/mol. The molecule has 20 heavy (non-hydrogen) atoms. The molecule has 0 saturated heterocycles. The summed E-state index contributed by atoms with van der Waals surface area (Å²) in [6, 6.07) is 0. The Labute approximate surface area is 123 Å². The van der Waals surface area contributed by atoms with Crippen LogP contribution in [0, 0.1) is 5.92 Å². The van der Waals surface area contributed by atoms with Crippen molar-refractivity contribution >= 4 is 11.6 Å². The number of unbranched alkanes of at least 4 members (excludes halogenated alkanes) is 3. The van der Waals surface area contributed by atoms with Crippen LogP contribution in [0.25, 0.3) is 0 Å². The van der Waals surface area contributed by atoms with Crippen LogP contribution >= 0.6 is 0 Å². The molecule has 114 valence electrons. The molecule has 4 nitrogen and oxygen atoms in total. The molecule has 0 aliphatic heterocycles. The van der Waals surface area contributed by atoms with Crippen molar-refractivity contribution in [1.29, 1.82) is 0 Å². The van der Waals surface area contributed by atoms with E-state index in [9.17, 15) is 0 Å². The zero-order valence-electron chi connectivity index (χ0n) is 13.5. The molecule has 1 aromatic rings. The molecule has 0 aliphatic carbocycles. The van der Waals surface area contributed by atoms with E-state index < -0.39 is 0 Å². The van der Waals surface area contributed by atoms with E-state index in [0.29, 0.717) is 0 Å². The van der Waals surface area contributed by atoms with E-state index in [-0.39, 0.29) is 0 Å². The van der Waals surface area contributed by atoms with Crippen molar-refractivity contribution in [2.75, 3.05) is 24.2 Å². The lowest BCUT2D eigenvalue weighted by Gasteiger charge is -2.12. The van der Waals surface area contributed by atoms with Crippen LogP contribution < -0.4 is 10.6 Å². The quantitative estimate of drug-likeness (QED) is 0.633. The average Bonchev–Trinajstić information content (AvgIpc) is 2.45. The molecule has 0 aliphatic rings. The Morgan fingerprint density at radius 3 is 2.40 bits per heavy atom. The SMILES string of the molecule is CCc1c(NC)ncnc1NCCCCCCC(C)C. The lowest BCUT2D eigenvalue weighted by atomic mass is 10.0. The summed E-state index contributed by atoms with van der Waals surface area (Å²) in [4.78, 5) is 8.60. The lowest BCUT2D eigenvalue weighted by Crippen LogP contribution is -2.09.